The van der Waals surface area contributed by atoms with E-state index in [-0.39, 0.29) is 11.8 Å². The molecule has 0 aromatic heterocycles. The Morgan fingerprint density at radius 2 is 1.69 bits per heavy atom. The van der Waals surface area contributed by atoms with Crippen LogP contribution in [-0.4, -0.2) is 111 Å². The molecule has 0 radical (unpaired) electrons. The molecule has 148 valence electrons. The Balaban J connectivity index is 1.46. The normalized spacial score (nSPS) is 26.7. The summed E-state index contributed by atoms with van der Waals surface area (Å²) in [7, 11) is 3.63. The van der Waals surface area contributed by atoms with Gasteiger partial charge in [0.05, 0.1) is 25.7 Å². The molecule has 3 fully saturated rings. The van der Waals surface area contributed by atoms with E-state index in [2.05, 4.69) is 9.80 Å². The highest BCUT2D eigenvalue weighted by Crippen LogP contribution is 2.25. The van der Waals surface area contributed by atoms with E-state index < -0.39 is 0 Å². The van der Waals surface area contributed by atoms with Gasteiger partial charge in [0.2, 0.25) is 11.8 Å². The van der Waals surface area contributed by atoms with E-state index in [0.29, 0.717) is 31.7 Å². The van der Waals surface area contributed by atoms with Crippen LogP contribution in [0.3, 0.4) is 0 Å². The lowest BCUT2D eigenvalue weighted by molar-refractivity contribution is -0.142. The first-order valence-electron chi connectivity index (χ1n) is 10.1. The van der Waals surface area contributed by atoms with Crippen LogP contribution in [0.5, 0.6) is 0 Å². The predicted octanol–water partition coefficient (Wildman–Crippen LogP) is 0.110. The molecule has 0 aromatic carbocycles. The largest absolute Gasteiger partial charge is 0.378 e. The second kappa shape index (κ2) is 9.15. The Morgan fingerprint density at radius 3 is 2.35 bits per heavy atom. The van der Waals surface area contributed by atoms with Crippen LogP contribution in [0.25, 0.3) is 0 Å². The minimum Gasteiger partial charge on any atom is -0.378 e. The molecule has 7 heteroatoms. The Kier molecular flexibility index (Phi) is 6.89. The number of ether oxygens (including phenoxy) is 1. The maximum Gasteiger partial charge on any atom is 0.236 e. The molecule has 1 unspecified atom stereocenters. The first-order valence-corrected chi connectivity index (χ1v) is 10.1. The summed E-state index contributed by atoms with van der Waals surface area (Å²) < 4.78 is 5.37. The second-order valence-corrected chi connectivity index (χ2v) is 8.07. The molecule has 0 N–H and O–H groups in total. The molecule has 7 nitrogen and oxygen atoms in total. The zero-order valence-corrected chi connectivity index (χ0v) is 16.4. The van der Waals surface area contributed by atoms with Crippen LogP contribution in [0.15, 0.2) is 0 Å². The molecule has 3 heterocycles. The third-order valence-electron chi connectivity index (χ3n) is 6.06. The lowest BCUT2D eigenvalue weighted by Crippen LogP contribution is -2.53. The van der Waals surface area contributed by atoms with Crippen LogP contribution in [0.2, 0.25) is 0 Å². The Hall–Kier alpha value is -1.18. The molecule has 2 amide bonds. The number of nitrogens with zero attached hydrogens (tertiary/aromatic N) is 4. The van der Waals surface area contributed by atoms with Gasteiger partial charge in [0.15, 0.2) is 0 Å². The molecule has 3 aliphatic rings. The number of amides is 2. The smallest absolute Gasteiger partial charge is 0.236 e. The maximum atomic E-state index is 12.8. The summed E-state index contributed by atoms with van der Waals surface area (Å²) >= 11 is 0. The average Bonchev–Trinajstić information content (AvgIpc) is 2.68. The number of morpholine rings is 1. The van der Waals surface area contributed by atoms with Gasteiger partial charge in [0.1, 0.15) is 0 Å². The highest BCUT2D eigenvalue weighted by molar-refractivity contribution is 5.79. The van der Waals surface area contributed by atoms with Crippen molar-refractivity contribution in [1.82, 2.24) is 19.6 Å². The van der Waals surface area contributed by atoms with E-state index in [1.54, 1.807) is 4.90 Å². The Bertz CT molecular complexity index is 485. The summed E-state index contributed by atoms with van der Waals surface area (Å²) in [5, 5.41) is 0. The van der Waals surface area contributed by atoms with Gasteiger partial charge in [-0.15, -0.1) is 0 Å². The van der Waals surface area contributed by atoms with Gasteiger partial charge in [0.25, 0.3) is 0 Å². The molecule has 0 bridgehead atoms. The molecule has 0 saturated carbocycles. The fraction of sp³-hybridized carbons (Fsp3) is 0.895. The van der Waals surface area contributed by atoms with Crippen molar-refractivity contribution < 1.29 is 14.3 Å². The minimum atomic E-state index is 0.148. The third kappa shape index (κ3) is 4.96. The van der Waals surface area contributed by atoms with Gasteiger partial charge in [-0.1, -0.05) is 0 Å². The fourth-order valence-corrected chi connectivity index (χ4v) is 4.36. The van der Waals surface area contributed by atoms with Gasteiger partial charge in [-0.05, 0) is 32.2 Å². The zero-order valence-electron chi connectivity index (χ0n) is 16.4. The zero-order chi connectivity index (χ0) is 18.5. The first kappa shape index (κ1) is 19.6. The number of piperidine rings is 2. The van der Waals surface area contributed by atoms with E-state index in [4.69, 9.17) is 4.74 Å². The van der Waals surface area contributed by atoms with Crippen molar-refractivity contribution in [2.24, 2.45) is 5.92 Å². The van der Waals surface area contributed by atoms with Gasteiger partial charge >= 0.3 is 0 Å². The summed E-state index contributed by atoms with van der Waals surface area (Å²) in [6, 6.07) is 0.556. The van der Waals surface area contributed by atoms with Crippen molar-refractivity contribution in [2.45, 2.75) is 31.7 Å². The molecule has 3 rings (SSSR count). The minimum absolute atomic E-state index is 0.148. The van der Waals surface area contributed by atoms with E-state index in [1.807, 2.05) is 19.0 Å². The van der Waals surface area contributed by atoms with Gasteiger partial charge in [-0.25, -0.2) is 0 Å². The molecule has 0 aliphatic carbocycles. The van der Waals surface area contributed by atoms with E-state index in [1.165, 1.54) is 0 Å². The van der Waals surface area contributed by atoms with Crippen LogP contribution < -0.4 is 0 Å². The number of carbonyl (C=O) groups is 2. The topological polar surface area (TPSA) is 56.3 Å². The van der Waals surface area contributed by atoms with Crippen LogP contribution in [0, 0.1) is 5.92 Å². The van der Waals surface area contributed by atoms with Gasteiger partial charge in [-0.3, -0.25) is 19.4 Å². The van der Waals surface area contributed by atoms with Crippen molar-refractivity contribution in [3.05, 3.63) is 0 Å². The Labute approximate surface area is 157 Å². The van der Waals surface area contributed by atoms with E-state index in [0.717, 1.165) is 65.0 Å². The lowest BCUT2D eigenvalue weighted by atomic mass is 9.92. The monoisotopic (exact) mass is 366 g/mol. The fourth-order valence-electron chi connectivity index (χ4n) is 4.36. The van der Waals surface area contributed by atoms with Gasteiger partial charge in [0, 0.05) is 52.9 Å². The predicted molar refractivity (Wildman–Crippen MR) is 99.9 cm³/mol. The quantitative estimate of drug-likeness (QED) is 0.707. The molecular formula is C19H34N4O3. The second-order valence-electron chi connectivity index (χ2n) is 8.07. The summed E-state index contributed by atoms with van der Waals surface area (Å²) in [5.74, 6) is 0.653. The molecule has 26 heavy (non-hydrogen) atoms. The van der Waals surface area contributed by atoms with Crippen LogP contribution in [0.4, 0.5) is 0 Å². The molecular weight excluding hydrogens is 332 g/mol. The van der Waals surface area contributed by atoms with E-state index >= 15 is 0 Å². The van der Waals surface area contributed by atoms with Crippen molar-refractivity contribution in [3.8, 4) is 0 Å². The highest BCUT2D eigenvalue weighted by Gasteiger charge is 2.34. The summed E-state index contributed by atoms with van der Waals surface area (Å²) in [5.41, 5.74) is 0. The molecule has 3 aliphatic heterocycles. The van der Waals surface area contributed by atoms with Crippen LogP contribution in [0.1, 0.15) is 25.7 Å². The molecule has 3 saturated heterocycles. The van der Waals surface area contributed by atoms with Crippen LogP contribution >= 0.6 is 0 Å². The maximum absolute atomic E-state index is 12.8. The number of likely N-dealkylation sites (tertiary alicyclic amines) is 2. The third-order valence-corrected chi connectivity index (χ3v) is 6.06. The van der Waals surface area contributed by atoms with Crippen molar-refractivity contribution in [1.29, 1.82) is 0 Å². The average molecular weight is 367 g/mol. The van der Waals surface area contributed by atoms with Gasteiger partial charge in [-0.2, -0.15) is 0 Å². The number of likely N-dealkylation sites (N-methyl/N-ethyl adjacent to an activating group) is 1. The SMILES string of the molecule is CN(C)C(=O)CN1CCC(N2CCCC(C(=O)N3CCOCC3)C2)CC1. The molecule has 1 atom stereocenters. The lowest BCUT2D eigenvalue weighted by Gasteiger charge is -2.43. The number of rotatable bonds is 4. The number of hydrogen-bond acceptors (Lipinski definition) is 5. The molecule has 0 aromatic rings. The standard InChI is InChI=1S/C19H34N4O3/c1-20(2)18(24)15-21-8-5-17(6-9-21)23-7-3-4-16(14-23)19(25)22-10-12-26-13-11-22/h16-17H,3-15H2,1-2H3. The van der Waals surface area contributed by atoms with Crippen LogP contribution in [-0.2, 0) is 14.3 Å². The van der Waals surface area contributed by atoms with Gasteiger partial charge < -0.3 is 14.5 Å². The first-order chi connectivity index (χ1) is 12.5. The number of carbonyl (C=O) groups excluding carboxylic acids is 2. The summed E-state index contributed by atoms with van der Waals surface area (Å²) in [6.45, 7) is 7.31. The Morgan fingerprint density at radius 1 is 1.00 bits per heavy atom. The highest BCUT2D eigenvalue weighted by atomic mass is 16.5. The summed E-state index contributed by atoms with van der Waals surface area (Å²) in [4.78, 5) is 33.2. The van der Waals surface area contributed by atoms with E-state index in [9.17, 15) is 9.59 Å². The molecule has 0 spiro atoms. The number of hydrogen-bond donors (Lipinski definition) is 0. The van der Waals surface area contributed by atoms with Crippen molar-refractivity contribution in [3.63, 3.8) is 0 Å². The van der Waals surface area contributed by atoms with Crippen molar-refractivity contribution in [2.75, 3.05) is 73.1 Å². The van der Waals surface area contributed by atoms with Crippen molar-refractivity contribution >= 4 is 11.8 Å². The summed E-state index contributed by atoms with van der Waals surface area (Å²) in [6.07, 6.45) is 4.32.